The Kier molecular flexibility index (Phi) is 8.25. The normalized spacial score (nSPS) is 11.6. The molecule has 0 aliphatic heterocycles. The number of nitrogens with zero attached hydrogens (tertiary/aromatic N) is 1. The highest BCUT2D eigenvalue weighted by Crippen LogP contribution is 2.31. The van der Waals surface area contributed by atoms with E-state index in [1.165, 1.54) is 4.31 Å². The van der Waals surface area contributed by atoms with E-state index in [1.54, 1.807) is 45.5 Å². The largest absolute Gasteiger partial charge is 0.493 e. The fourth-order valence-corrected chi connectivity index (χ4v) is 4.28. The van der Waals surface area contributed by atoms with Crippen molar-refractivity contribution in [2.75, 3.05) is 21.3 Å². The molecule has 7 nitrogen and oxygen atoms in total. The third kappa shape index (κ3) is 5.73. The number of sulfonamides is 1. The lowest BCUT2D eigenvalue weighted by Gasteiger charge is -2.21. The molecule has 0 radical (unpaired) electrons. The molecule has 30 heavy (non-hydrogen) atoms. The molecule has 0 heterocycles. The Labute approximate surface area is 179 Å². The van der Waals surface area contributed by atoms with Crippen molar-refractivity contribution in [3.8, 4) is 11.5 Å². The van der Waals surface area contributed by atoms with E-state index in [0.29, 0.717) is 30.9 Å². The Hall–Kier alpha value is -2.58. The number of carbonyl (C=O) groups is 1. The minimum atomic E-state index is -3.51. The van der Waals surface area contributed by atoms with Gasteiger partial charge in [-0.25, -0.2) is 8.42 Å². The molecule has 0 saturated heterocycles. The van der Waals surface area contributed by atoms with E-state index in [4.69, 9.17) is 9.47 Å². The Bertz CT molecular complexity index is 956. The highest BCUT2D eigenvalue weighted by Gasteiger charge is 2.22. The molecule has 8 heteroatoms. The molecule has 0 aliphatic rings. The minimum absolute atomic E-state index is 0.101. The summed E-state index contributed by atoms with van der Waals surface area (Å²) in [5.74, 6) is 1.17. The van der Waals surface area contributed by atoms with Gasteiger partial charge in [-0.15, -0.1) is 0 Å². The van der Waals surface area contributed by atoms with Crippen LogP contribution in [-0.4, -0.2) is 45.9 Å². The molecule has 2 aromatic carbocycles. The van der Waals surface area contributed by atoms with Crippen molar-refractivity contribution >= 4 is 15.9 Å². The summed E-state index contributed by atoms with van der Waals surface area (Å²) in [5, 5.41) is 2.86. The highest BCUT2D eigenvalue weighted by molar-refractivity contribution is 7.89. The third-order valence-corrected chi connectivity index (χ3v) is 6.97. The number of hydrogen-bond donors (Lipinski definition) is 1. The van der Waals surface area contributed by atoms with Gasteiger partial charge in [0, 0.05) is 26.1 Å². The van der Waals surface area contributed by atoms with Crippen LogP contribution in [0, 0.1) is 0 Å². The summed E-state index contributed by atoms with van der Waals surface area (Å²) in [6.45, 7) is 3.97. The van der Waals surface area contributed by atoms with Gasteiger partial charge in [-0.1, -0.05) is 24.3 Å². The number of methoxy groups -OCH3 is 2. The van der Waals surface area contributed by atoms with Crippen LogP contribution in [0.4, 0.5) is 0 Å². The first-order valence-corrected chi connectivity index (χ1v) is 11.2. The van der Waals surface area contributed by atoms with Crippen LogP contribution in [0.5, 0.6) is 11.5 Å². The van der Waals surface area contributed by atoms with E-state index in [1.807, 2.05) is 32.0 Å². The SMILES string of the molecule is COc1cccc(CCC(=O)NCc2ccc(S(=O)(=O)N(C)C(C)C)cc2)c1OC. The molecule has 164 valence electrons. The first-order chi connectivity index (χ1) is 14.2. The third-order valence-electron chi connectivity index (χ3n) is 4.92. The number of ether oxygens (including phenoxy) is 2. The Morgan fingerprint density at radius 2 is 1.73 bits per heavy atom. The predicted molar refractivity (Wildman–Crippen MR) is 116 cm³/mol. The second-order valence-corrected chi connectivity index (χ2v) is 9.19. The lowest BCUT2D eigenvalue weighted by molar-refractivity contribution is -0.121. The molecule has 0 aromatic heterocycles. The van der Waals surface area contributed by atoms with Crippen LogP contribution in [0.1, 0.15) is 31.4 Å². The van der Waals surface area contributed by atoms with Crippen molar-refractivity contribution < 1.29 is 22.7 Å². The van der Waals surface area contributed by atoms with E-state index in [2.05, 4.69) is 5.32 Å². The monoisotopic (exact) mass is 434 g/mol. The van der Waals surface area contributed by atoms with Crippen molar-refractivity contribution in [3.63, 3.8) is 0 Å². The summed E-state index contributed by atoms with van der Waals surface area (Å²) in [5.41, 5.74) is 1.73. The summed E-state index contributed by atoms with van der Waals surface area (Å²) < 4.78 is 37.0. The van der Waals surface area contributed by atoms with E-state index >= 15 is 0 Å². The van der Waals surface area contributed by atoms with Gasteiger partial charge in [0.05, 0.1) is 19.1 Å². The molecule has 0 bridgehead atoms. The molecule has 0 saturated carbocycles. The molecule has 0 aliphatic carbocycles. The number of aryl methyl sites for hydroxylation is 1. The van der Waals surface area contributed by atoms with Crippen molar-refractivity contribution in [3.05, 3.63) is 53.6 Å². The number of hydrogen-bond acceptors (Lipinski definition) is 5. The highest BCUT2D eigenvalue weighted by atomic mass is 32.2. The maximum Gasteiger partial charge on any atom is 0.243 e. The maximum atomic E-state index is 12.5. The summed E-state index contributed by atoms with van der Waals surface area (Å²) in [4.78, 5) is 12.5. The first kappa shape index (κ1) is 23.7. The lowest BCUT2D eigenvalue weighted by Crippen LogP contribution is -2.33. The second kappa shape index (κ2) is 10.4. The zero-order valence-corrected chi connectivity index (χ0v) is 19.0. The zero-order chi connectivity index (χ0) is 22.3. The summed E-state index contributed by atoms with van der Waals surface area (Å²) in [6, 6.07) is 12.0. The molecule has 1 N–H and O–H groups in total. The minimum Gasteiger partial charge on any atom is -0.493 e. The zero-order valence-electron chi connectivity index (χ0n) is 18.1. The van der Waals surface area contributed by atoms with Gasteiger partial charge < -0.3 is 14.8 Å². The van der Waals surface area contributed by atoms with E-state index in [-0.39, 0.29) is 16.8 Å². The number of amides is 1. The van der Waals surface area contributed by atoms with Gasteiger partial charge in [-0.3, -0.25) is 4.79 Å². The van der Waals surface area contributed by atoms with Crippen molar-refractivity contribution in [2.24, 2.45) is 0 Å². The number of benzene rings is 2. The van der Waals surface area contributed by atoms with Crippen LogP contribution >= 0.6 is 0 Å². The van der Waals surface area contributed by atoms with E-state index < -0.39 is 10.0 Å². The van der Waals surface area contributed by atoms with Gasteiger partial charge >= 0.3 is 0 Å². The second-order valence-electron chi connectivity index (χ2n) is 7.19. The fourth-order valence-electron chi connectivity index (χ4n) is 2.91. The predicted octanol–water partition coefficient (Wildman–Crippen LogP) is 2.98. The number of nitrogens with one attached hydrogen (secondary N) is 1. The topological polar surface area (TPSA) is 84.9 Å². The van der Waals surface area contributed by atoms with Gasteiger partial charge in [0.25, 0.3) is 0 Å². The van der Waals surface area contributed by atoms with E-state index in [9.17, 15) is 13.2 Å². The molecule has 0 spiro atoms. The molecular weight excluding hydrogens is 404 g/mol. The van der Waals surface area contributed by atoms with Gasteiger partial charge in [-0.2, -0.15) is 4.31 Å². The molecule has 0 unspecified atom stereocenters. The van der Waals surface area contributed by atoms with Crippen LogP contribution in [0.25, 0.3) is 0 Å². The van der Waals surface area contributed by atoms with Crippen LogP contribution in [-0.2, 0) is 27.8 Å². The Morgan fingerprint density at radius 3 is 2.30 bits per heavy atom. The summed E-state index contributed by atoms with van der Waals surface area (Å²) in [6.07, 6.45) is 0.820. The quantitative estimate of drug-likeness (QED) is 0.621. The molecule has 2 rings (SSSR count). The lowest BCUT2D eigenvalue weighted by atomic mass is 10.1. The molecular formula is C22H30N2O5S. The molecule has 1 amide bonds. The van der Waals surface area contributed by atoms with Crippen LogP contribution in [0.2, 0.25) is 0 Å². The van der Waals surface area contributed by atoms with Crippen LogP contribution < -0.4 is 14.8 Å². The first-order valence-electron chi connectivity index (χ1n) is 9.74. The van der Waals surface area contributed by atoms with Crippen molar-refractivity contribution in [1.29, 1.82) is 0 Å². The van der Waals surface area contributed by atoms with Crippen LogP contribution in [0.3, 0.4) is 0 Å². The molecule has 0 fully saturated rings. The average Bonchev–Trinajstić information content (AvgIpc) is 2.75. The number of carbonyl (C=O) groups excluding carboxylic acids is 1. The smallest absolute Gasteiger partial charge is 0.243 e. The Morgan fingerprint density at radius 1 is 1.07 bits per heavy atom. The van der Waals surface area contributed by atoms with Gasteiger partial charge in [0.15, 0.2) is 11.5 Å². The van der Waals surface area contributed by atoms with Gasteiger partial charge in [-0.05, 0) is 49.6 Å². The Balaban J connectivity index is 1.93. The summed E-state index contributed by atoms with van der Waals surface area (Å²) in [7, 11) is 1.20. The van der Waals surface area contributed by atoms with Crippen molar-refractivity contribution in [2.45, 2.75) is 44.2 Å². The van der Waals surface area contributed by atoms with Gasteiger partial charge in [0.1, 0.15) is 0 Å². The van der Waals surface area contributed by atoms with Gasteiger partial charge in [0.2, 0.25) is 15.9 Å². The van der Waals surface area contributed by atoms with Crippen LogP contribution in [0.15, 0.2) is 47.4 Å². The van der Waals surface area contributed by atoms with E-state index in [0.717, 1.165) is 11.1 Å². The number of rotatable bonds is 10. The summed E-state index contributed by atoms with van der Waals surface area (Å²) >= 11 is 0. The fraction of sp³-hybridized carbons (Fsp3) is 0.409. The molecule has 2 aromatic rings. The number of para-hydroxylation sites is 1. The standard InChI is InChI=1S/C22H30N2O5S/c1-16(2)24(3)30(26,27)19-12-9-17(10-13-19)15-23-21(25)14-11-18-7-6-8-20(28-4)22(18)29-5/h6-10,12-13,16H,11,14-15H2,1-5H3,(H,23,25). The maximum absolute atomic E-state index is 12.5. The average molecular weight is 435 g/mol. The van der Waals surface area contributed by atoms with Crippen molar-refractivity contribution in [1.82, 2.24) is 9.62 Å². The molecule has 0 atom stereocenters.